The van der Waals surface area contributed by atoms with Gasteiger partial charge in [-0.2, -0.15) is 4.31 Å². The van der Waals surface area contributed by atoms with Gasteiger partial charge in [-0.1, -0.05) is 67.5 Å². The van der Waals surface area contributed by atoms with E-state index in [1.54, 1.807) is 32.9 Å². The number of amides is 5. The Bertz CT molecular complexity index is 1870. The first-order valence-corrected chi connectivity index (χ1v) is 21.0. The maximum Gasteiger partial charge on any atom is 0.315 e. The van der Waals surface area contributed by atoms with Crippen LogP contribution >= 0.6 is 0 Å². The third kappa shape index (κ3) is 7.97. The lowest BCUT2D eigenvalue weighted by Crippen LogP contribution is -2.63. The third-order valence-corrected chi connectivity index (χ3v) is 15.1. The molecule has 4 fully saturated rings. The summed E-state index contributed by atoms with van der Waals surface area (Å²) in [6, 6.07) is 1.13. The number of nitrogens with zero attached hydrogens (tertiary/aromatic N) is 3. The number of nitrogens with one attached hydrogen (secondary N) is 4. The first-order chi connectivity index (χ1) is 24.3. The van der Waals surface area contributed by atoms with Gasteiger partial charge >= 0.3 is 6.03 Å². The SMILES string of the molecule is C=CC1C[C@]1(NC(=O)C1C2C(CN1C(=O)C(NC(=O)NC(CN(C)S(=O)(=O)c1ccccn1)C(C)(C)C)C(C)(C)C)C2(C)C)C(=O)NS(=O)(=O)C1CC1. The predicted octanol–water partition coefficient (Wildman–Crippen LogP) is 1.98. The Hall–Kier alpha value is -3.57. The van der Waals surface area contributed by atoms with Crippen molar-refractivity contribution in [3.63, 3.8) is 0 Å². The molecule has 2 heterocycles. The Morgan fingerprint density at radius 2 is 1.68 bits per heavy atom. The van der Waals surface area contributed by atoms with Gasteiger partial charge in [0.2, 0.25) is 21.8 Å². The van der Waals surface area contributed by atoms with Gasteiger partial charge in [-0.3, -0.25) is 19.1 Å². The highest BCUT2D eigenvalue weighted by Crippen LogP contribution is 2.65. The van der Waals surface area contributed by atoms with Crippen LogP contribution in [0.3, 0.4) is 0 Å². The minimum Gasteiger partial charge on any atom is -0.339 e. The van der Waals surface area contributed by atoms with Crippen molar-refractivity contribution in [3.05, 3.63) is 37.1 Å². The molecule has 6 unspecified atom stereocenters. The second-order valence-electron chi connectivity index (χ2n) is 17.9. The van der Waals surface area contributed by atoms with Gasteiger partial charge in [0, 0.05) is 38.3 Å². The lowest BCUT2D eigenvalue weighted by atomic mass is 9.85. The summed E-state index contributed by atoms with van der Waals surface area (Å²) in [7, 11) is -6.43. The minimum atomic E-state index is -3.96. The number of piperidine rings is 1. The molecule has 0 aromatic carbocycles. The molecule has 15 nitrogen and oxygen atoms in total. The Morgan fingerprint density at radius 1 is 1.04 bits per heavy atom. The third-order valence-electron chi connectivity index (χ3n) is 11.5. The molecule has 4 N–H and O–H groups in total. The second-order valence-corrected chi connectivity index (χ2v) is 21.8. The Kier molecular flexibility index (Phi) is 10.4. The number of rotatable bonds is 13. The topological polar surface area (TPSA) is 204 Å². The minimum absolute atomic E-state index is 0.00654. The zero-order chi connectivity index (χ0) is 39.7. The molecule has 17 heteroatoms. The molecule has 3 aliphatic carbocycles. The van der Waals surface area contributed by atoms with Gasteiger partial charge in [0.25, 0.3) is 15.9 Å². The number of pyridine rings is 1. The molecule has 5 amide bonds. The number of hydrogen-bond donors (Lipinski definition) is 4. The van der Waals surface area contributed by atoms with Crippen LogP contribution in [0.1, 0.15) is 74.7 Å². The van der Waals surface area contributed by atoms with Gasteiger partial charge < -0.3 is 20.9 Å². The standard InChI is InChI=1S/C36H55N7O8S2/c1-11-21-18-36(21,31(46)41-52(48,49)22-15-16-22)40-29(44)27-26-23(35(26,8)9)19-43(27)30(45)28(34(5,6)7)39-32(47)38-24(33(2,3)4)20-42(10)53(50,51)25-14-12-13-17-37-25/h11-14,17,21-24,26-28H,1,15-16,18-20H2,2-10H3,(H,40,44)(H,41,46)(H2,38,39,47)/t21?,23?,24?,26?,27?,28?,36-/m1/s1. The molecular weight excluding hydrogens is 723 g/mol. The molecule has 3 saturated carbocycles. The smallest absolute Gasteiger partial charge is 0.315 e. The van der Waals surface area contributed by atoms with Crippen LogP contribution in [0.15, 0.2) is 42.1 Å². The van der Waals surface area contributed by atoms with Gasteiger partial charge in [-0.15, -0.1) is 6.58 Å². The average Bonchev–Trinajstić information content (AvgIpc) is 4.00. The molecule has 53 heavy (non-hydrogen) atoms. The van der Waals surface area contributed by atoms with E-state index >= 15 is 0 Å². The zero-order valence-electron chi connectivity index (χ0n) is 32.1. The van der Waals surface area contributed by atoms with E-state index in [-0.39, 0.29) is 41.8 Å². The maximum atomic E-state index is 14.5. The molecule has 7 atom stereocenters. The first kappa shape index (κ1) is 40.6. The van der Waals surface area contributed by atoms with Gasteiger partial charge in [0.1, 0.15) is 17.6 Å². The molecule has 1 aromatic rings. The van der Waals surface area contributed by atoms with Crippen LogP contribution in [0.2, 0.25) is 0 Å². The van der Waals surface area contributed by atoms with E-state index in [1.807, 2.05) is 34.6 Å². The second kappa shape index (κ2) is 13.6. The summed E-state index contributed by atoms with van der Waals surface area (Å²) in [6.07, 6.45) is 4.00. The van der Waals surface area contributed by atoms with Crippen LogP contribution in [-0.2, 0) is 34.4 Å². The Balaban J connectivity index is 1.33. The fourth-order valence-electron chi connectivity index (χ4n) is 7.52. The molecule has 1 saturated heterocycles. The van der Waals surface area contributed by atoms with Crippen molar-refractivity contribution < 1.29 is 36.0 Å². The number of likely N-dealkylation sites (N-methyl/N-ethyl adjacent to an activating group) is 1. The molecule has 5 rings (SSSR count). The number of aromatic nitrogens is 1. The summed E-state index contributed by atoms with van der Waals surface area (Å²) in [6.45, 7) is 18.9. The first-order valence-electron chi connectivity index (χ1n) is 18.0. The van der Waals surface area contributed by atoms with E-state index in [0.29, 0.717) is 12.8 Å². The van der Waals surface area contributed by atoms with Crippen LogP contribution in [0.4, 0.5) is 4.79 Å². The Morgan fingerprint density at radius 3 is 2.19 bits per heavy atom. The summed E-state index contributed by atoms with van der Waals surface area (Å²) in [5.74, 6) is -2.59. The quantitative estimate of drug-likeness (QED) is 0.216. The van der Waals surface area contributed by atoms with Gasteiger partial charge in [-0.05, 0) is 59.5 Å². The summed E-state index contributed by atoms with van der Waals surface area (Å²) < 4.78 is 55.1. The molecular formula is C36H55N7O8S2. The van der Waals surface area contributed by atoms with E-state index in [9.17, 15) is 36.0 Å². The summed E-state index contributed by atoms with van der Waals surface area (Å²) in [5, 5.41) is 7.80. The van der Waals surface area contributed by atoms with Crippen LogP contribution in [0.25, 0.3) is 0 Å². The van der Waals surface area contributed by atoms with Crippen LogP contribution in [0, 0.1) is 34.0 Å². The van der Waals surface area contributed by atoms with E-state index in [0.717, 1.165) is 4.31 Å². The van der Waals surface area contributed by atoms with Crippen LogP contribution in [-0.4, -0.2) is 104 Å². The number of carbonyl (C=O) groups excluding carboxylic acids is 4. The van der Waals surface area contributed by atoms with Gasteiger partial charge in [0.05, 0.1) is 5.25 Å². The highest BCUT2D eigenvalue weighted by Gasteiger charge is 2.71. The molecule has 1 aromatic heterocycles. The average molecular weight is 778 g/mol. The molecule has 0 radical (unpaired) electrons. The van der Waals surface area contributed by atoms with E-state index < -0.39 is 89.5 Å². The van der Waals surface area contributed by atoms with Crippen molar-refractivity contribution in [2.45, 2.75) is 109 Å². The van der Waals surface area contributed by atoms with Crippen molar-refractivity contribution in [2.75, 3.05) is 20.1 Å². The van der Waals surface area contributed by atoms with Crippen molar-refractivity contribution in [3.8, 4) is 0 Å². The number of fused-ring (bicyclic) bond motifs is 1. The largest absolute Gasteiger partial charge is 0.339 e. The molecule has 0 bridgehead atoms. The van der Waals surface area contributed by atoms with Crippen molar-refractivity contribution in [1.82, 2.24) is 34.9 Å². The van der Waals surface area contributed by atoms with Gasteiger partial charge in [0.15, 0.2) is 5.03 Å². The summed E-state index contributed by atoms with van der Waals surface area (Å²) in [4.78, 5) is 61.3. The van der Waals surface area contributed by atoms with E-state index in [4.69, 9.17) is 0 Å². The number of likely N-dealkylation sites (tertiary alicyclic amines) is 1. The zero-order valence-corrected chi connectivity index (χ0v) is 33.7. The molecule has 0 spiro atoms. The fourth-order valence-corrected chi connectivity index (χ4v) is 9.99. The highest BCUT2D eigenvalue weighted by atomic mass is 32.2. The van der Waals surface area contributed by atoms with E-state index in [2.05, 4.69) is 32.2 Å². The normalized spacial score (nSPS) is 27.5. The number of hydrogen-bond acceptors (Lipinski definition) is 9. The maximum absolute atomic E-state index is 14.5. The fraction of sp³-hybridized carbons (Fsp3) is 0.694. The van der Waals surface area contributed by atoms with Crippen molar-refractivity contribution in [1.29, 1.82) is 0 Å². The van der Waals surface area contributed by atoms with Gasteiger partial charge in [-0.25, -0.2) is 26.6 Å². The summed E-state index contributed by atoms with van der Waals surface area (Å²) >= 11 is 0. The Labute approximate surface area is 313 Å². The molecule has 4 aliphatic rings. The number of sulfonamides is 2. The lowest BCUT2D eigenvalue weighted by Gasteiger charge is -2.39. The lowest BCUT2D eigenvalue weighted by molar-refractivity contribution is -0.144. The van der Waals surface area contributed by atoms with Crippen molar-refractivity contribution in [2.24, 2.45) is 34.0 Å². The number of carbonyl (C=O) groups is 4. The predicted molar refractivity (Wildman–Crippen MR) is 198 cm³/mol. The summed E-state index contributed by atoms with van der Waals surface area (Å²) in [5.41, 5.74) is -3.21. The molecule has 294 valence electrons. The van der Waals surface area contributed by atoms with E-state index in [1.165, 1.54) is 30.3 Å². The highest BCUT2D eigenvalue weighted by molar-refractivity contribution is 7.91. The molecule has 1 aliphatic heterocycles. The van der Waals surface area contributed by atoms with Crippen LogP contribution in [0.5, 0.6) is 0 Å². The monoisotopic (exact) mass is 777 g/mol. The van der Waals surface area contributed by atoms with Crippen molar-refractivity contribution >= 4 is 43.8 Å². The van der Waals surface area contributed by atoms with Crippen LogP contribution < -0.4 is 20.7 Å². The number of urea groups is 1.